The topological polar surface area (TPSA) is 73.4 Å². The van der Waals surface area contributed by atoms with Gasteiger partial charge in [0.1, 0.15) is 6.34 Å². The first kappa shape index (κ1) is 21.2. The second-order valence-corrected chi connectivity index (χ2v) is 7.40. The van der Waals surface area contributed by atoms with E-state index >= 15 is 0 Å². The number of para-hydroxylation sites is 1. The zero-order valence-electron chi connectivity index (χ0n) is 17.9. The maximum atomic E-state index is 12.6. The van der Waals surface area contributed by atoms with Crippen molar-refractivity contribution in [1.29, 1.82) is 0 Å². The molecular formula is C26H25N5O. The molecule has 0 bridgehead atoms. The van der Waals surface area contributed by atoms with Gasteiger partial charge in [-0.1, -0.05) is 66.2 Å². The Morgan fingerprint density at radius 2 is 1.78 bits per heavy atom. The monoisotopic (exact) mass is 423 g/mol. The number of nitrogens with zero attached hydrogens (tertiary/aromatic N) is 3. The number of aromatic amines is 1. The minimum absolute atomic E-state index is 0.289. The summed E-state index contributed by atoms with van der Waals surface area (Å²) >= 11 is 0. The minimum atomic E-state index is -0.289. The fourth-order valence-corrected chi connectivity index (χ4v) is 3.35. The fourth-order valence-electron chi connectivity index (χ4n) is 3.35. The summed E-state index contributed by atoms with van der Waals surface area (Å²) in [5.41, 5.74) is 9.10. The van der Waals surface area contributed by atoms with Gasteiger partial charge in [-0.15, -0.1) is 0 Å². The number of H-pyrrole nitrogens is 1. The third-order valence-corrected chi connectivity index (χ3v) is 5.07. The molecule has 1 aromatic heterocycles. The maximum absolute atomic E-state index is 12.6. The predicted molar refractivity (Wildman–Crippen MR) is 129 cm³/mol. The van der Waals surface area contributed by atoms with E-state index in [1.54, 1.807) is 31.0 Å². The van der Waals surface area contributed by atoms with Crippen molar-refractivity contribution in [3.63, 3.8) is 0 Å². The van der Waals surface area contributed by atoms with Crippen molar-refractivity contribution in [1.82, 2.24) is 15.4 Å². The lowest BCUT2D eigenvalue weighted by atomic mass is 10.0. The molecule has 160 valence electrons. The molecule has 0 aliphatic carbocycles. The number of imidazole rings is 1. The summed E-state index contributed by atoms with van der Waals surface area (Å²) in [4.78, 5) is 24.0. The maximum Gasteiger partial charge on any atom is 0.278 e. The highest BCUT2D eigenvalue weighted by Crippen LogP contribution is 2.29. The van der Waals surface area contributed by atoms with Crippen LogP contribution in [0.15, 0.2) is 96.4 Å². The number of nitrogens with one attached hydrogen (secondary N) is 2. The number of rotatable bonds is 8. The Kier molecular flexibility index (Phi) is 6.84. The number of benzene rings is 3. The van der Waals surface area contributed by atoms with Gasteiger partial charge in [0.2, 0.25) is 0 Å². The normalized spacial score (nSPS) is 11.0. The van der Waals surface area contributed by atoms with E-state index in [4.69, 9.17) is 0 Å². The van der Waals surface area contributed by atoms with E-state index in [2.05, 4.69) is 38.6 Å². The van der Waals surface area contributed by atoms with Crippen molar-refractivity contribution in [3.8, 4) is 11.1 Å². The van der Waals surface area contributed by atoms with E-state index in [0.29, 0.717) is 12.1 Å². The number of carbonyl (C=O) groups is 1. The number of carbonyl (C=O) groups excluding carboxylic acids is 1. The SMILES string of the molecule is Cc1ccc(C(=O)N=CN(NCCc2cnc[nH]2)c2ccccc2-c2ccccc2)cc1. The summed E-state index contributed by atoms with van der Waals surface area (Å²) in [5.74, 6) is -0.289. The van der Waals surface area contributed by atoms with Gasteiger partial charge in [0.25, 0.3) is 5.91 Å². The van der Waals surface area contributed by atoms with Gasteiger partial charge in [-0.05, 0) is 30.7 Å². The summed E-state index contributed by atoms with van der Waals surface area (Å²) in [6, 6.07) is 25.6. The van der Waals surface area contributed by atoms with Crippen LogP contribution >= 0.6 is 0 Å². The zero-order valence-corrected chi connectivity index (χ0v) is 17.9. The quantitative estimate of drug-likeness (QED) is 0.242. The highest BCUT2D eigenvalue weighted by molar-refractivity contribution is 6.01. The Bertz CT molecular complexity index is 1170. The first-order valence-corrected chi connectivity index (χ1v) is 10.5. The van der Waals surface area contributed by atoms with Gasteiger partial charge >= 0.3 is 0 Å². The van der Waals surface area contributed by atoms with E-state index in [9.17, 15) is 4.79 Å². The average molecular weight is 424 g/mol. The van der Waals surface area contributed by atoms with Gasteiger partial charge in [-0.3, -0.25) is 9.80 Å². The number of anilines is 1. The predicted octanol–water partition coefficient (Wildman–Crippen LogP) is 4.81. The van der Waals surface area contributed by atoms with Crippen LogP contribution in [0.3, 0.4) is 0 Å². The highest BCUT2D eigenvalue weighted by Gasteiger charge is 2.12. The molecule has 1 heterocycles. The van der Waals surface area contributed by atoms with E-state index in [-0.39, 0.29) is 5.91 Å². The van der Waals surface area contributed by atoms with Crippen molar-refractivity contribution in [2.75, 3.05) is 11.6 Å². The first-order chi connectivity index (χ1) is 15.7. The Labute approximate surface area is 187 Å². The second-order valence-electron chi connectivity index (χ2n) is 7.40. The molecule has 0 unspecified atom stereocenters. The lowest BCUT2D eigenvalue weighted by Crippen LogP contribution is -2.39. The molecule has 6 heteroatoms. The molecule has 0 saturated carbocycles. The van der Waals surface area contributed by atoms with Crippen LogP contribution in [-0.4, -0.2) is 28.8 Å². The Morgan fingerprint density at radius 3 is 2.53 bits per heavy atom. The van der Waals surface area contributed by atoms with E-state index in [0.717, 1.165) is 34.5 Å². The van der Waals surface area contributed by atoms with Crippen LogP contribution in [0.1, 0.15) is 21.6 Å². The largest absolute Gasteiger partial charge is 0.348 e. The van der Waals surface area contributed by atoms with Gasteiger partial charge in [-0.25, -0.2) is 10.4 Å². The number of hydrogen-bond donors (Lipinski definition) is 2. The number of hydrogen-bond acceptors (Lipinski definition) is 3. The highest BCUT2D eigenvalue weighted by atomic mass is 16.1. The van der Waals surface area contributed by atoms with E-state index in [1.807, 2.05) is 60.5 Å². The summed E-state index contributed by atoms with van der Waals surface area (Å²) < 4.78 is 0. The summed E-state index contributed by atoms with van der Waals surface area (Å²) in [7, 11) is 0. The van der Waals surface area contributed by atoms with Crippen LogP contribution in [0.4, 0.5) is 5.69 Å². The van der Waals surface area contributed by atoms with Gasteiger partial charge in [0.05, 0.1) is 12.0 Å². The van der Waals surface area contributed by atoms with Crippen LogP contribution in [-0.2, 0) is 6.42 Å². The van der Waals surface area contributed by atoms with E-state index in [1.165, 1.54) is 0 Å². The first-order valence-electron chi connectivity index (χ1n) is 10.5. The molecule has 32 heavy (non-hydrogen) atoms. The van der Waals surface area contributed by atoms with Gasteiger partial charge < -0.3 is 4.98 Å². The molecule has 0 radical (unpaired) electrons. The average Bonchev–Trinajstić information content (AvgIpc) is 3.36. The molecule has 2 N–H and O–H groups in total. The molecule has 3 aromatic carbocycles. The Hall–Kier alpha value is -4.03. The van der Waals surface area contributed by atoms with Gasteiger partial charge in [0, 0.05) is 36.0 Å². The van der Waals surface area contributed by atoms with Gasteiger partial charge in [0.15, 0.2) is 0 Å². The standard InChI is InChI=1S/C26H25N5O/c1-20-11-13-22(14-12-20)26(32)29-19-31(30-16-15-23-17-27-18-28-23)25-10-6-5-9-24(25)21-7-3-2-4-8-21/h2-14,17-19,30H,15-16H2,1H3,(H,27,28). The summed E-state index contributed by atoms with van der Waals surface area (Å²) in [5, 5.41) is 1.81. The van der Waals surface area contributed by atoms with Crippen molar-refractivity contribution in [3.05, 3.63) is 108 Å². The third-order valence-electron chi connectivity index (χ3n) is 5.07. The number of aliphatic imine (C=N–C) groups is 1. The minimum Gasteiger partial charge on any atom is -0.348 e. The molecule has 4 rings (SSSR count). The molecule has 0 saturated heterocycles. The second kappa shape index (κ2) is 10.3. The van der Waals surface area contributed by atoms with Crippen LogP contribution in [0, 0.1) is 6.92 Å². The van der Waals surface area contributed by atoms with Crippen molar-refractivity contribution >= 4 is 17.9 Å². The van der Waals surface area contributed by atoms with E-state index < -0.39 is 0 Å². The third kappa shape index (κ3) is 5.36. The van der Waals surface area contributed by atoms with Crippen LogP contribution in [0.5, 0.6) is 0 Å². The lowest BCUT2D eigenvalue weighted by Gasteiger charge is -2.23. The fraction of sp³-hybridized carbons (Fsp3) is 0.115. The van der Waals surface area contributed by atoms with Gasteiger partial charge in [-0.2, -0.15) is 4.99 Å². The molecule has 0 atom stereocenters. The Balaban J connectivity index is 1.60. The number of aromatic nitrogens is 2. The molecule has 0 spiro atoms. The van der Waals surface area contributed by atoms with Crippen molar-refractivity contribution in [2.24, 2.45) is 4.99 Å². The van der Waals surface area contributed by atoms with Crippen LogP contribution in [0.25, 0.3) is 11.1 Å². The molecule has 1 amide bonds. The molecular weight excluding hydrogens is 398 g/mol. The molecule has 0 fully saturated rings. The molecule has 4 aromatic rings. The molecule has 0 aliphatic rings. The van der Waals surface area contributed by atoms with Crippen LogP contribution < -0.4 is 10.4 Å². The number of amides is 1. The van der Waals surface area contributed by atoms with Crippen LogP contribution in [0.2, 0.25) is 0 Å². The summed E-state index contributed by atoms with van der Waals surface area (Å²) in [6.07, 6.45) is 5.78. The smallest absolute Gasteiger partial charge is 0.278 e. The molecule has 0 aliphatic heterocycles. The number of hydrazine groups is 1. The van der Waals surface area contributed by atoms with Crippen molar-refractivity contribution < 1.29 is 4.79 Å². The zero-order chi connectivity index (χ0) is 22.2. The lowest BCUT2D eigenvalue weighted by molar-refractivity contribution is 0.100. The number of aryl methyl sites for hydroxylation is 1. The summed E-state index contributed by atoms with van der Waals surface area (Å²) in [6.45, 7) is 2.62. The molecule has 6 nitrogen and oxygen atoms in total. The Morgan fingerprint density at radius 1 is 1.03 bits per heavy atom. The van der Waals surface area contributed by atoms with Crippen molar-refractivity contribution in [2.45, 2.75) is 13.3 Å².